The Kier molecular flexibility index (Phi) is 7.23. The number of rotatable bonds is 9. The lowest BCUT2D eigenvalue weighted by Crippen LogP contribution is -2.30. The van der Waals surface area contributed by atoms with Gasteiger partial charge in [0.2, 0.25) is 5.91 Å². The molecule has 172 valence electrons. The third kappa shape index (κ3) is 5.62. The number of aromatic carboxylic acids is 1. The molecule has 0 heterocycles. The number of benzene rings is 4. The summed E-state index contributed by atoms with van der Waals surface area (Å²) in [6.07, 6.45) is 1.16. The van der Waals surface area contributed by atoms with Gasteiger partial charge in [-0.15, -0.1) is 0 Å². The summed E-state index contributed by atoms with van der Waals surface area (Å²) in [5.74, 6) is -0.585. The maximum absolute atomic E-state index is 12.6. The first-order valence-corrected chi connectivity index (χ1v) is 11.2. The SMILES string of the molecule is CN(CCc1ccccc1)C(=O)Cc1ccc(COc2c(C(=O)O)ccc3ccccc23)cc1. The number of likely N-dealkylation sites (N-methyl/N-ethyl adjacent to an activating group) is 1. The molecule has 0 saturated carbocycles. The Bertz CT molecular complexity index is 1280. The Hall–Kier alpha value is -4.12. The van der Waals surface area contributed by atoms with Gasteiger partial charge < -0.3 is 14.7 Å². The molecule has 0 aliphatic rings. The monoisotopic (exact) mass is 453 g/mol. The first-order valence-electron chi connectivity index (χ1n) is 11.2. The summed E-state index contributed by atoms with van der Waals surface area (Å²) in [6, 6.07) is 28.7. The number of fused-ring (bicyclic) bond motifs is 1. The molecule has 0 aromatic heterocycles. The Morgan fingerprint density at radius 3 is 2.21 bits per heavy atom. The second-order valence-electron chi connectivity index (χ2n) is 8.30. The number of hydrogen-bond donors (Lipinski definition) is 1. The van der Waals surface area contributed by atoms with Gasteiger partial charge in [0.05, 0.1) is 6.42 Å². The molecule has 0 fully saturated rings. The number of hydrogen-bond acceptors (Lipinski definition) is 3. The first-order chi connectivity index (χ1) is 16.5. The maximum atomic E-state index is 12.6. The van der Waals surface area contributed by atoms with Crippen molar-refractivity contribution in [2.24, 2.45) is 0 Å². The van der Waals surface area contributed by atoms with Crippen LogP contribution in [0.25, 0.3) is 10.8 Å². The zero-order chi connectivity index (χ0) is 23.9. The summed E-state index contributed by atoms with van der Waals surface area (Å²) in [5, 5.41) is 11.3. The highest BCUT2D eigenvalue weighted by molar-refractivity contribution is 6.00. The molecule has 0 bridgehead atoms. The first kappa shape index (κ1) is 23.1. The lowest BCUT2D eigenvalue weighted by molar-refractivity contribution is -0.129. The van der Waals surface area contributed by atoms with Crippen LogP contribution in [-0.2, 0) is 24.2 Å². The van der Waals surface area contributed by atoms with Crippen molar-refractivity contribution < 1.29 is 19.4 Å². The average Bonchev–Trinajstić information content (AvgIpc) is 2.87. The summed E-state index contributed by atoms with van der Waals surface area (Å²) in [7, 11) is 1.83. The fourth-order valence-electron chi connectivity index (χ4n) is 3.85. The number of carbonyl (C=O) groups is 2. The standard InChI is InChI=1S/C29H27NO4/c1-30(18-17-21-7-3-2-4-8-21)27(31)19-22-11-13-23(14-12-22)20-34-28-25-10-6-5-9-24(25)15-16-26(28)29(32)33/h2-16H,17-20H2,1H3,(H,32,33). The van der Waals surface area contributed by atoms with E-state index in [9.17, 15) is 14.7 Å². The van der Waals surface area contributed by atoms with E-state index in [0.717, 1.165) is 28.3 Å². The number of carboxylic acids is 1. The van der Waals surface area contributed by atoms with Gasteiger partial charge in [-0.3, -0.25) is 4.79 Å². The largest absolute Gasteiger partial charge is 0.487 e. The van der Waals surface area contributed by atoms with E-state index in [1.54, 1.807) is 17.0 Å². The van der Waals surface area contributed by atoms with E-state index in [2.05, 4.69) is 12.1 Å². The van der Waals surface area contributed by atoms with Gasteiger partial charge >= 0.3 is 5.97 Å². The summed E-state index contributed by atoms with van der Waals surface area (Å²) in [4.78, 5) is 26.1. The van der Waals surface area contributed by atoms with Gasteiger partial charge in [0.15, 0.2) is 0 Å². The summed E-state index contributed by atoms with van der Waals surface area (Å²) >= 11 is 0. The van der Waals surface area contributed by atoms with E-state index in [-0.39, 0.29) is 18.1 Å². The molecule has 1 amide bonds. The minimum Gasteiger partial charge on any atom is -0.487 e. The molecule has 4 aromatic carbocycles. The average molecular weight is 454 g/mol. The zero-order valence-corrected chi connectivity index (χ0v) is 19.1. The van der Waals surface area contributed by atoms with Gasteiger partial charge in [0.25, 0.3) is 0 Å². The Balaban J connectivity index is 1.37. The normalized spacial score (nSPS) is 10.7. The molecule has 34 heavy (non-hydrogen) atoms. The lowest BCUT2D eigenvalue weighted by atomic mass is 10.1. The fourth-order valence-corrected chi connectivity index (χ4v) is 3.85. The van der Waals surface area contributed by atoms with E-state index in [1.807, 2.05) is 73.8 Å². The van der Waals surface area contributed by atoms with Crippen molar-refractivity contribution in [3.05, 3.63) is 113 Å². The third-order valence-electron chi connectivity index (χ3n) is 5.88. The van der Waals surface area contributed by atoms with E-state index >= 15 is 0 Å². The summed E-state index contributed by atoms with van der Waals surface area (Å²) in [6.45, 7) is 0.908. The fraction of sp³-hybridized carbons (Fsp3) is 0.172. The second-order valence-corrected chi connectivity index (χ2v) is 8.30. The van der Waals surface area contributed by atoms with Gasteiger partial charge in [-0.1, -0.05) is 84.9 Å². The van der Waals surface area contributed by atoms with Gasteiger partial charge in [-0.05, 0) is 34.6 Å². The highest BCUT2D eigenvalue weighted by Gasteiger charge is 2.15. The number of amides is 1. The Morgan fingerprint density at radius 2 is 1.47 bits per heavy atom. The van der Waals surface area contributed by atoms with Crippen molar-refractivity contribution in [3.63, 3.8) is 0 Å². The van der Waals surface area contributed by atoms with E-state index < -0.39 is 5.97 Å². The van der Waals surface area contributed by atoms with Crippen LogP contribution in [-0.4, -0.2) is 35.5 Å². The molecule has 0 saturated heterocycles. The third-order valence-corrected chi connectivity index (χ3v) is 5.88. The topological polar surface area (TPSA) is 66.8 Å². The van der Waals surface area contributed by atoms with Crippen LogP contribution in [0.4, 0.5) is 0 Å². The van der Waals surface area contributed by atoms with Crippen molar-refractivity contribution in [3.8, 4) is 5.75 Å². The van der Waals surface area contributed by atoms with Crippen LogP contribution >= 0.6 is 0 Å². The molecule has 0 spiro atoms. The molecule has 0 unspecified atom stereocenters. The van der Waals surface area contributed by atoms with Crippen LogP contribution < -0.4 is 4.74 Å². The van der Waals surface area contributed by atoms with Gasteiger partial charge in [-0.2, -0.15) is 0 Å². The number of nitrogens with zero attached hydrogens (tertiary/aromatic N) is 1. The minimum absolute atomic E-state index is 0.0711. The molecule has 5 heteroatoms. The molecule has 0 atom stereocenters. The molecular formula is C29H27NO4. The van der Waals surface area contributed by atoms with E-state index in [4.69, 9.17) is 4.74 Å². The maximum Gasteiger partial charge on any atom is 0.339 e. The van der Waals surface area contributed by atoms with Crippen molar-refractivity contribution in [1.29, 1.82) is 0 Å². The molecule has 0 radical (unpaired) electrons. The summed E-state index contributed by atoms with van der Waals surface area (Å²) in [5.41, 5.74) is 3.18. The highest BCUT2D eigenvalue weighted by atomic mass is 16.5. The van der Waals surface area contributed by atoms with Crippen LogP contribution in [0.15, 0.2) is 91.0 Å². The van der Waals surface area contributed by atoms with Crippen molar-refractivity contribution in [2.75, 3.05) is 13.6 Å². The van der Waals surface area contributed by atoms with Gasteiger partial charge in [-0.25, -0.2) is 4.79 Å². The predicted octanol–water partition coefficient (Wildman–Crippen LogP) is 5.36. The molecule has 5 nitrogen and oxygen atoms in total. The molecule has 1 N–H and O–H groups in total. The lowest BCUT2D eigenvalue weighted by Gasteiger charge is -2.17. The second kappa shape index (κ2) is 10.7. The van der Waals surface area contributed by atoms with Crippen molar-refractivity contribution in [1.82, 2.24) is 4.90 Å². The van der Waals surface area contributed by atoms with Gasteiger partial charge in [0, 0.05) is 19.0 Å². The van der Waals surface area contributed by atoms with Crippen LogP contribution in [0.2, 0.25) is 0 Å². The molecular weight excluding hydrogens is 426 g/mol. The predicted molar refractivity (Wildman–Crippen MR) is 133 cm³/mol. The molecule has 0 aliphatic heterocycles. The van der Waals surface area contributed by atoms with Crippen molar-refractivity contribution >= 4 is 22.6 Å². The molecule has 0 aliphatic carbocycles. The van der Waals surface area contributed by atoms with Gasteiger partial charge in [0.1, 0.15) is 17.9 Å². The quantitative estimate of drug-likeness (QED) is 0.370. The number of carbonyl (C=O) groups excluding carboxylic acids is 1. The summed E-state index contributed by atoms with van der Waals surface area (Å²) < 4.78 is 5.97. The van der Waals surface area contributed by atoms with E-state index in [0.29, 0.717) is 18.7 Å². The highest BCUT2D eigenvalue weighted by Crippen LogP contribution is 2.30. The number of ether oxygens (including phenoxy) is 1. The van der Waals surface area contributed by atoms with E-state index in [1.165, 1.54) is 5.56 Å². The zero-order valence-electron chi connectivity index (χ0n) is 19.1. The number of carboxylic acid groups (broad SMARTS) is 1. The van der Waals surface area contributed by atoms with Crippen LogP contribution in [0.3, 0.4) is 0 Å². The Labute approximate surface area is 199 Å². The molecule has 4 rings (SSSR count). The minimum atomic E-state index is -1.02. The van der Waals surface area contributed by atoms with Crippen LogP contribution in [0, 0.1) is 0 Å². The molecule has 4 aromatic rings. The Morgan fingerprint density at radius 1 is 0.794 bits per heavy atom. The smallest absolute Gasteiger partial charge is 0.339 e. The van der Waals surface area contributed by atoms with Crippen LogP contribution in [0.1, 0.15) is 27.0 Å². The van der Waals surface area contributed by atoms with Crippen molar-refractivity contribution in [2.45, 2.75) is 19.4 Å². The van der Waals surface area contributed by atoms with Crippen LogP contribution in [0.5, 0.6) is 5.75 Å².